The van der Waals surface area contributed by atoms with Crippen molar-refractivity contribution in [3.63, 3.8) is 0 Å². The summed E-state index contributed by atoms with van der Waals surface area (Å²) in [7, 11) is 0. The van der Waals surface area contributed by atoms with Gasteiger partial charge < -0.3 is 10.6 Å². The van der Waals surface area contributed by atoms with Crippen LogP contribution in [0.4, 0.5) is 0 Å². The highest BCUT2D eigenvalue weighted by atomic mass is 35.5. The molecule has 1 fully saturated rings. The number of thiophene rings is 1. The van der Waals surface area contributed by atoms with Gasteiger partial charge in [0.2, 0.25) is 5.91 Å². The molecule has 2 atom stereocenters. The molecule has 0 bridgehead atoms. The molecule has 16 heavy (non-hydrogen) atoms. The summed E-state index contributed by atoms with van der Waals surface area (Å²) in [5, 5.41) is 6.23. The Morgan fingerprint density at radius 3 is 3.06 bits per heavy atom. The minimum Gasteiger partial charge on any atom is -0.351 e. The average molecular weight is 259 g/mol. The third-order valence-corrected chi connectivity index (χ3v) is 4.16. The van der Waals surface area contributed by atoms with Gasteiger partial charge in [-0.05, 0) is 32.0 Å². The summed E-state index contributed by atoms with van der Waals surface area (Å²) in [6.45, 7) is 3.57. The molecule has 3 nitrogen and oxygen atoms in total. The van der Waals surface area contributed by atoms with Gasteiger partial charge in [-0.1, -0.05) is 11.6 Å². The van der Waals surface area contributed by atoms with E-state index in [-0.39, 0.29) is 17.9 Å². The number of halogens is 1. The number of rotatable bonds is 3. The minimum absolute atomic E-state index is 0.107. The predicted molar refractivity (Wildman–Crippen MR) is 66.7 cm³/mol. The summed E-state index contributed by atoms with van der Waals surface area (Å²) in [5.41, 5.74) is 0. The fraction of sp³-hybridized carbons (Fsp3) is 0.545. The number of carbonyl (C=O) groups excluding carboxylic acids is 1. The summed E-state index contributed by atoms with van der Waals surface area (Å²) in [5.74, 6) is 0.248. The molecule has 0 aromatic carbocycles. The molecular formula is C11H15ClN2OS. The third kappa shape index (κ3) is 2.75. The Hall–Kier alpha value is -0.580. The van der Waals surface area contributed by atoms with Crippen molar-refractivity contribution in [1.29, 1.82) is 0 Å². The van der Waals surface area contributed by atoms with Crippen LogP contribution in [0.5, 0.6) is 0 Å². The van der Waals surface area contributed by atoms with E-state index in [0.717, 1.165) is 22.2 Å². The summed E-state index contributed by atoms with van der Waals surface area (Å²) < 4.78 is 0.764. The third-order valence-electron chi connectivity index (χ3n) is 2.93. The second kappa shape index (κ2) is 5.17. The van der Waals surface area contributed by atoms with Crippen molar-refractivity contribution >= 4 is 28.8 Å². The van der Waals surface area contributed by atoms with Crippen LogP contribution in [0.15, 0.2) is 12.1 Å². The Labute approximate surface area is 104 Å². The Balaban J connectivity index is 1.83. The lowest BCUT2D eigenvalue weighted by Gasteiger charge is -2.14. The number of nitrogens with one attached hydrogen (secondary N) is 2. The maximum absolute atomic E-state index is 11.9. The van der Waals surface area contributed by atoms with Crippen LogP contribution in [0.1, 0.15) is 18.2 Å². The van der Waals surface area contributed by atoms with E-state index >= 15 is 0 Å². The van der Waals surface area contributed by atoms with E-state index in [1.54, 1.807) is 0 Å². The van der Waals surface area contributed by atoms with Crippen LogP contribution >= 0.6 is 22.9 Å². The first kappa shape index (κ1) is 11.9. The van der Waals surface area contributed by atoms with Gasteiger partial charge in [0.1, 0.15) is 0 Å². The van der Waals surface area contributed by atoms with Crippen LogP contribution in [0.3, 0.4) is 0 Å². The van der Waals surface area contributed by atoms with Crippen molar-refractivity contribution in [2.45, 2.75) is 25.9 Å². The molecule has 0 radical (unpaired) electrons. The van der Waals surface area contributed by atoms with E-state index in [2.05, 4.69) is 17.6 Å². The molecular weight excluding hydrogens is 244 g/mol. The Bertz CT molecular complexity index is 380. The molecule has 1 amide bonds. The maximum atomic E-state index is 11.9. The molecule has 1 aliphatic rings. The van der Waals surface area contributed by atoms with E-state index in [4.69, 9.17) is 11.6 Å². The van der Waals surface area contributed by atoms with Crippen LogP contribution in [-0.2, 0) is 11.3 Å². The molecule has 0 saturated carbocycles. The molecule has 1 saturated heterocycles. The summed E-state index contributed by atoms with van der Waals surface area (Å²) in [4.78, 5) is 13.0. The molecule has 1 aliphatic heterocycles. The van der Waals surface area contributed by atoms with Crippen LogP contribution < -0.4 is 10.6 Å². The first-order chi connectivity index (χ1) is 7.66. The molecule has 2 unspecified atom stereocenters. The zero-order chi connectivity index (χ0) is 11.5. The van der Waals surface area contributed by atoms with Crippen LogP contribution in [0.25, 0.3) is 0 Å². The van der Waals surface area contributed by atoms with E-state index in [0.29, 0.717) is 6.54 Å². The van der Waals surface area contributed by atoms with E-state index < -0.39 is 0 Å². The number of hydrogen-bond acceptors (Lipinski definition) is 3. The van der Waals surface area contributed by atoms with Crippen molar-refractivity contribution in [2.24, 2.45) is 5.92 Å². The summed E-state index contributed by atoms with van der Waals surface area (Å²) in [6, 6.07) is 4.09. The van der Waals surface area contributed by atoms with Gasteiger partial charge >= 0.3 is 0 Å². The molecule has 88 valence electrons. The van der Waals surface area contributed by atoms with Crippen molar-refractivity contribution in [2.75, 3.05) is 6.54 Å². The predicted octanol–water partition coefficient (Wildman–Crippen LogP) is 2.02. The lowest BCUT2D eigenvalue weighted by molar-refractivity contribution is -0.125. The molecule has 2 heterocycles. The standard InChI is InChI=1S/C11H15ClN2OS/c1-7-9(4-5-13-7)11(15)14-6-8-2-3-10(12)16-8/h2-3,7,9,13H,4-6H2,1H3,(H,14,15). The summed E-state index contributed by atoms with van der Waals surface area (Å²) >= 11 is 7.33. The molecule has 0 aliphatic carbocycles. The molecule has 1 aromatic heterocycles. The lowest BCUT2D eigenvalue weighted by atomic mass is 10.0. The molecule has 0 spiro atoms. The zero-order valence-electron chi connectivity index (χ0n) is 9.13. The largest absolute Gasteiger partial charge is 0.351 e. The van der Waals surface area contributed by atoms with E-state index in [1.807, 2.05) is 12.1 Å². The van der Waals surface area contributed by atoms with Crippen molar-refractivity contribution < 1.29 is 4.79 Å². The Morgan fingerprint density at radius 2 is 2.50 bits per heavy atom. The lowest BCUT2D eigenvalue weighted by Crippen LogP contribution is -2.36. The number of amides is 1. The van der Waals surface area contributed by atoms with Gasteiger partial charge in [0, 0.05) is 10.9 Å². The van der Waals surface area contributed by atoms with E-state index in [9.17, 15) is 4.79 Å². The van der Waals surface area contributed by atoms with Gasteiger partial charge in [-0.2, -0.15) is 0 Å². The second-order valence-corrected chi connectivity index (χ2v) is 5.86. The molecule has 5 heteroatoms. The van der Waals surface area contributed by atoms with Crippen LogP contribution in [-0.4, -0.2) is 18.5 Å². The second-order valence-electron chi connectivity index (χ2n) is 4.06. The highest BCUT2D eigenvalue weighted by Crippen LogP contribution is 2.21. The normalized spacial score (nSPS) is 24.6. The van der Waals surface area contributed by atoms with Crippen molar-refractivity contribution in [1.82, 2.24) is 10.6 Å². The minimum atomic E-state index is 0.107. The fourth-order valence-electron chi connectivity index (χ4n) is 1.97. The van der Waals surface area contributed by atoms with Crippen molar-refractivity contribution in [3.8, 4) is 0 Å². The quantitative estimate of drug-likeness (QED) is 0.871. The van der Waals surface area contributed by atoms with Gasteiger partial charge in [-0.3, -0.25) is 4.79 Å². The summed E-state index contributed by atoms with van der Waals surface area (Å²) in [6.07, 6.45) is 0.929. The van der Waals surface area contributed by atoms with Crippen LogP contribution in [0, 0.1) is 5.92 Å². The molecule has 2 N–H and O–H groups in total. The number of carbonyl (C=O) groups is 1. The van der Waals surface area contributed by atoms with Gasteiger partial charge in [0.15, 0.2) is 0 Å². The van der Waals surface area contributed by atoms with Gasteiger partial charge in [-0.25, -0.2) is 0 Å². The van der Waals surface area contributed by atoms with E-state index in [1.165, 1.54) is 11.3 Å². The molecule has 2 rings (SSSR count). The maximum Gasteiger partial charge on any atom is 0.225 e. The van der Waals surface area contributed by atoms with Crippen molar-refractivity contribution in [3.05, 3.63) is 21.3 Å². The first-order valence-corrected chi connectivity index (χ1v) is 6.61. The monoisotopic (exact) mass is 258 g/mol. The van der Waals surface area contributed by atoms with Gasteiger partial charge in [-0.15, -0.1) is 11.3 Å². The van der Waals surface area contributed by atoms with Crippen LogP contribution in [0.2, 0.25) is 4.34 Å². The highest BCUT2D eigenvalue weighted by Gasteiger charge is 2.28. The van der Waals surface area contributed by atoms with Gasteiger partial charge in [0.05, 0.1) is 16.8 Å². The highest BCUT2D eigenvalue weighted by molar-refractivity contribution is 7.16. The average Bonchev–Trinajstić information content (AvgIpc) is 2.84. The smallest absolute Gasteiger partial charge is 0.225 e. The fourth-order valence-corrected chi connectivity index (χ4v) is 3.00. The topological polar surface area (TPSA) is 41.1 Å². The zero-order valence-corrected chi connectivity index (χ0v) is 10.7. The SMILES string of the molecule is CC1NCCC1C(=O)NCc1ccc(Cl)s1. The first-order valence-electron chi connectivity index (χ1n) is 5.42. The Kier molecular flexibility index (Phi) is 3.84. The Morgan fingerprint density at radius 1 is 1.69 bits per heavy atom. The van der Waals surface area contributed by atoms with Gasteiger partial charge in [0.25, 0.3) is 0 Å². The molecule has 1 aromatic rings. The number of hydrogen-bond donors (Lipinski definition) is 2.